The molecule has 1 heterocycles. The summed E-state index contributed by atoms with van der Waals surface area (Å²) in [5, 5.41) is 11.4. The van der Waals surface area contributed by atoms with Crippen molar-refractivity contribution >= 4 is 17.4 Å². The zero-order valence-electron chi connectivity index (χ0n) is 21.1. The second-order valence-electron chi connectivity index (χ2n) is 9.89. The maximum absolute atomic E-state index is 13.1. The average Bonchev–Trinajstić information content (AvgIpc) is 3.03. The van der Waals surface area contributed by atoms with E-state index in [1.165, 1.54) is 0 Å². The Labute approximate surface area is 202 Å². The molecule has 6 nitrogen and oxygen atoms in total. The summed E-state index contributed by atoms with van der Waals surface area (Å²) in [5.41, 5.74) is 1.97. The van der Waals surface area contributed by atoms with Gasteiger partial charge in [-0.3, -0.25) is 9.59 Å². The Morgan fingerprint density at radius 1 is 1.09 bits per heavy atom. The third-order valence-electron chi connectivity index (χ3n) is 5.85. The van der Waals surface area contributed by atoms with Crippen molar-refractivity contribution in [1.29, 1.82) is 0 Å². The molecule has 1 saturated heterocycles. The quantitative estimate of drug-likeness (QED) is 0.327. The van der Waals surface area contributed by atoms with Crippen LogP contribution in [0.25, 0.3) is 5.76 Å². The maximum atomic E-state index is 13.1. The molecule has 1 aliphatic rings. The number of amides is 1. The lowest BCUT2D eigenvalue weighted by Crippen LogP contribution is -2.30. The molecule has 3 rings (SSSR count). The number of rotatable bonds is 7. The monoisotopic (exact) mass is 465 g/mol. The van der Waals surface area contributed by atoms with Crippen molar-refractivity contribution in [2.45, 2.75) is 65.5 Å². The fraction of sp³-hybridized carbons (Fsp3) is 0.429. The third kappa shape index (κ3) is 4.96. The van der Waals surface area contributed by atoms with Crippen molar-refractivity contribution in [1.82, 2.24) is 4.90 Å². The molecule has 1 atom stereocenters. The van der Waals surface area contributed by atoms with E-state index in [0.717, 1.165) is 11.1 Å². The number of aliphatic hydroxyl groups is 1. The average molecular weight is 466 g/mol. The molecule has 1 fully saturated rings. The van der Waals surface area contributed by atoms with Gasteiger partial charge in [-0.15, -0.1) is 0 Å². The highest BCUT2D eigenvalue weighted by Crippen LogP contribution is 2.41. The number of ether oxygens (including phenoxy) is 2. The molecule has 0 aromatic heterocycles. The molecule has 34 heavy (non-hydrogen) atoms. The SMILES string of the molecule is CCCN1C(=O)C(=O)/C(=C(\O)c2ccc(OC)c(C(C)(C)C)c2)C1c1ccc(OC(C)C)cc1. The Balaban J connectivity index is 2.16. The first-order valence-corrected chi connectivity index (χ1v) is 11.7. The summed E-state index contributed by atoms with van der Waals surface area (Å²) in [6.07, 6.45) is 0.720. The molecule has 1 amide bonds. The second-order valence-corrected chi connectivity index (χ2v) is 9.89. The van der Waals surface area contributed by atoms with Gasteiger partial charge in [0.2, 0.25) is 0 Å². The first-order chi connectivity index (χ1) is 16.0. The summed E-state index contributed by atoms with van der Waals surface area (Å²) in [4.78, 5) is 27.6. The van der Waals surface area contributed by atoms with E-state index in [2.05, 4.69) is 20.8 Å². The minimum absolute atomic E-state index is 0.0312. The van der Waals surface area contributed by atoms with Crippen LogP contribution in [0.15, 0.2) is 48.0 Å². The molecule has 6 heteroatoms. The van der Waals surface area contributed by atoms with E-state index < -0.39 is 17.7 Å². The van der Waals surface area contributed by atoms with Gasteiger partial charge < -0.3 is 19.5 Å². The minimum Gasteiger partial charge on any atom is -0.507 e. The Hall–Kier alpha value is -3.28. The van der Waals surface area contributed by atoms with E-state index in [1.807, 2.05) is 51.1 Å². The largest absolute Gasteiger partial charge is 0.507 e. The van der Waals surface area contributed by atoms with Crippen molar-refractivity contribution in [3.63, 3.8) is 0 Å². The van der Waals surface area contributed by atoms with E-state index in [-0.39, 0.29) is 22.9 Å². The van der Waals surface area contributed by atoms with Crippen LogP contribution in [-0.2, 0) is 15.0 Å². The number of carbonyl (C=O) groups is 2. The molecule has 2 aromatic rings. The Kier molecular flexibility index (Phi) is 7.39. The molecule has 0 bridgehead atoms. The summed E-state index contributed by atoms with van der Waals surface area (Å²) in [6.45, 7) is 12.4. The van der Waals surface area contributed by atoms with E-state index in [0.29, 0.717) is 30.0 Å². The highest BCUT2D eigenvalue weighted by Gasteiger charge is 2.45. The normalized spacial score (nSPS) is 18.0. The number of methoxy groups -OCH3 is 1. The summed E-state index contributed by atoms with van der Waals surface area (Å²) >= 11 is 0. The fourth-order valence-electron chi connectivity index (χ4n) is 4.30. The smallest absolute Gasteiger partial charge is 0.295 e. The fourth-order valence-corrected chi connectivity index (χ4v) is 4.30. The van der Waals surface area contributed by atoms with Gasteiger partial charge in [0.15, 0.2) is 0 Å². The molecule has 182 valence electrons. The van der Waals surface area contributed by atoms with Gasteiger partial charge in [-0.05, 0) is 61.6 Å². The van der Waals surface area contributed by atoms with Crippen LogP contribution >= 0.6 is 0 Å². The molecule has 1 aliphatic heterocycles. The van der Waals surface area contributed by atoms with Gasteiger partial charge in [-0.25, -0.2) is 0 Å². The highest BCUT2D eigenvalue weighted by atomic mass is 16.5. The lowest BCUT2D eigenvalue weighted by atomic mass is 9.84. The van der Waals surface area contributed by atoms with Crippen LogP contribution in [0.5, 0.6) is 11.5 Å². The van der Waals surface area contributed by atoms with Crippen molar-refractivity contribution in [2.24, 2.45) is 0 Å². The number of nitrogens with zero attached hydrogens (tertiary/aromatic N) is 1. The van der Waals surface area contributed by atoms with Gasteiger partial charge in [0.25, 0.3) is 11.7 Å². The Morgan fingerprint density at radius 2 is 1.74 bits per heavy atom. The maximum Gasteiger partial charge on any atom is 0.295 e. The van der Waals surface area contributed by atoms with E-state index in [4.69, 9.17) is 9.47 Å². The number of hydrogen-bond acceptors (Lipinski definition) is 5. The van der Waals surface area contributed by atoms with Gasteiger partial charge in [-0.1, -0.05) is 39.8 Å². The number of benzene rings is 2. The zero-order chi connectivity index (χ0) is 25.2. The third-order valence-corrected chi connectivity index (χ3v) is 5.85. The number of ketones is 1. The molecule has 0 spiro atoms. The van der Waals surface area contributed by atoms with Crippen LogP contribution < -0.4 is 9.47 Å². The molecule has 0 radical (unpaired) electrons. The molecule has 0 saturated carbocycles. The number of likely N-dealkylation sites (tertiary alicyclic amines) is 1. The number of Topliss-reactive ketones (excluding diaryl/α,β-unsaturated/α-hetero) is 1. The molecule has 2 aromatic carbocycles. The summed E-state index contributed by atoms with van der Waals surface area (Å²) in [7, 11) is 1.60. The van der Waals surface area contributed by atoms with Gasteiger partial charge in [0.05, 0.1) is 24.8 Å². The van der Waals surface area contributed by atoms with Crippen LogP contribution in [0.1, 0.15) is 70.7 Å². The van der Waals surface area contributed by atoms with Crippen LogP contribution in [0.4, 0.5) is 0 Å². The lowest BCUT2D eigenvalue weighted by Gasteiger charge is -2.26. The molecule has 1 unspecified atom stereocenters. The predicted molar refractivity (Wildman–Crippen MR) is 133 cm³/mol. The number of aliphatic hydroxyl groups excluding tert-OH is 1. The first-order valence-electron chi connectivity index (χ1n) is 11.7. The van der Waals surface area contributed by atoms with Gasteiger partial charge in [0.1, 0.15) is 17.3 Å². The predicted octanol–water partition coefficient (Wildman–Crippen LogP) is 5.61. The van der Waals surface area contributed by atoms with Crippen LogP contribution in [-0.4, -0.2) is 41.5 Å². The zero-order valence-corrected chi connectivity index (χ0v) is 21.1. The molecular weight excluding hydrogens is 430 g/mol. The summed E-state index contributed by atoms with van der Waals surface area (Å²) in [5.74, 6) is -0.0476. The topological polar surface area (TPSA) is 76.1 Å². The Morgan fingerprint density at radius 3 is 2.26 bits per heavy atom. The molecule has 1 N–H and O–H groups in total. The van der Waals surface area contributed by atoms with E-state index >= 15 is 0 Å². The molecular formula is C28H35NO5. The number of hydrogen-bond donors (Lipinski definition) is 1. The minimum atomic E-state index is -0.674. The van der Waals surface area contributed by atoms with Crippen LogP contribution in [0, 0.1) is 0 Å². The van der Waals surface area contributed by atoms with Gasteiger partial charge in [0, 0.05) is 17.7 Å². The van der Waals surface area contributed by atoms with Crippen molar-refractivity contribution in [3.8, 4) is 11.5 Å². The van der Waals surface area contributed by atoms with Crippen molar-refractivity contribution in [3.05, 3.63) is 64.7 Å². The van der Waals surface area contributed by atoms with Gasteiger partial charge in [-0.2, -0.15) is 0 Å². The highest BCUT2D eigenvalue weighted by molar-refractivity contribution is 6.46. The standard InChI is InChI=1S/C28H35NO5/c1-8-15-29-24(18-9-12-20(13-10-18)34-17(2)3)23(26(31)27(29)32)25(30)19-11-14-22(33-7)21(16-19)28(4,5)6/h9-14,16-17,24,30H,8,15H2,1-7H3/b25-23-. The van der Waals surface area contributed by atoms with Gasteiger partial charge >= 0.3 is 0 Å². The second kappa shape index (κ2) is 9.92. The molecule has 0 aliphatic carbocycles. The van der Waals surface area contributed by atoms with E-state index in [1.54, 1.807) is 24.1 Å². The number of carbonyl (C=O) groups excluding carboxylic acids is 2. The van der Waals surface area contributed by atoms with Crippen LogP contribution in [0.3, 0.4) is 0 Å². The van der Waals surface area contributed by atoms with Crippen molar-refractivity contribution < 1.29 is 24.2 Å². The lowest BCUT2D eigenvalue weighted by molar-refractivity contribution is -0.139. The van der Waals surface area contributed by atoms with Crippen LogP contribution in [0.2, 0.25) is 0 Å². The first kappa shape index (κ1) is 25.3. The van der Waals surface area contributed by atoms with E-state index in [9.17, 15) is 14.7 Å². The summed E-state index contributed by atoms with van der Waals surface area (Å²) in [6, 6.07) is 12.0. The summed E-state index contributed by atoms with van der Waals surface area (Å²) < 4.78 is 11.2. The Bertz CT molecular complexity index is 1090. The van der Waals surface area contributed by atoms with Crippen molar-refractivity contribution in [2.75, 3.05) is 13.7 Å².